The van der Waals surface area contributed by atoms with Crippen molar-refractivity contribution in [2.24, 2.45) is 21.7 Å². The van der Waals surface area contributed by atoms with Crippen LogP contribution < -0.4 is 10.6 Å². The summed E-state index contributed by atoms with van der Waals surface area (Å²) in [7, 11) is 0. The number of rotatable bonds is 10. The van der Waals surface area contributed by atoms with E-state index in [1.165, 1.54) is 0 Å². The number of ketones is 2. The van der Waals surface area contributed by atoms with Crippen LogP contribution in [-0.2, 0) is 33.4 Å². The molecule has 9 nitrogen and oxygen atoms in total. The molecule has 3 fully saturated rings. The zero-order valence-corrected chi connectivity index (χ0v) is 23.1. The summed E-state index contributed by atoms with van der Waals surface area (Å²) in [6.07, 6.45) is 4.45. The average molecular weight is 521 g/mol. The van der Waals surface area contributed by atoms with E-state index in [4.69, 9.17) is 9.47 Å². The maximum absolute atomic E-state index is 13.4. The second-order valence-electron chi connectivity index (χ2n) is 12.3. The number of ether oxygens (including phenoxy) is 2. The van der Waals surface area contributed by atoms with E-state index in [9.17, 15) is 24.0 Å². The quantitative estimate of drug-likeness (QED) is 0.335. The normalized spacial score (nSPS) is 33.3. The lowest BCUT2D eigenvalue weighted by Crippen LogP contribution is -2.57. The third kappa shape index (κ3) is 5.91. The van der Waals surface area contributed by atoms with Crippen LogP contribution in [0, 0.1) is 21.7 Å². The maximum Gasteiger partial charge on any atom is 0.329 e. The van der Waals surface area contributed by atoms with E-state index in [2.05, 4.69) is 31.4 Å². The van der Waals surface area contributed by atoms with Crippen LogP contribution in [0.15, 0.2) is 0 Å². The summed E-state index contributed by atoms with van der Waals surface area (Å²) in [5.41, 5.74) is -3.41. The molecule has 3 rings (SSSR count). The summed E-state index contributed by atoms with van der Waals surface area (Å²) >= 11 is 0. The molecule has 0 heterocycles. The molecule has 2 amide bonds. The van der Waals surface area contributed by atoms with Gasteiger partial charge in [0.05, 0.1) is 13.2 Å². The largest absolute Gasteiger partial charge is 0.465 e. The lowest BCUT2D eigenvalue weighted by Gasteiger charge is -2.47. The number of hydrogen-bond acceptors (Lipinski definition) is 7. The smallest absolute Gasteiger partial charge is 0.329 e. The molecule has 2 N–H and O–H groups in total. The van der Waals surface area contributed by atoms with Crippen LogP contribution in [0.4, 0.5) is 0 Å². The Morgan fingerprint density at radius 2 is 1.59 bits per heavy atom. The Labute approximate surface area is 220 Å². The maximum atomic E-state index is 13.4. The van der Waals surface area contributed by atoms with Crippen molar-refractivity contribution in [1.82, 2.24) is 10.6 Å². The molecule has 3 saturated carbocycles. The predicted molar refractivity (Wildman–Crippen MR) is 136 cm³/mol. The number of Topliss-reactive ketones (excluding diaryl/α,β-unsaturated/α-hetero) is 2. The van der Waals surface area contributed by atoms with Crippen molar-refractivity contribution < 1.29 is 33.4 Å². The molecule has 4 atom stereocenters. The Balaban J connectivity index is 1.73. The topological polar surface area (TPSA) is 128 Å². The molecule has 208 valence electrons. The molecule has 0 aromatic carbocycles. The molecule has 0 aromatic heterocycles. The predicted octanol–water partition coefficient (Wildman–Crippen LogP) is 2.88. The Kier molecular flexibility index (Phi) is 8.87. The van der Waals surface area contributed by atoms with Crippen molar-refractivity contribution >= 4 is 29.4 Å². The Morgan fingerprint density at radius 3 is 2.16 bits per heavy atom. The van der Waals surface area contributed by atoms with Gasteiger partial charge < -0.3 is 20.1 Å². The first-order chi connectivity index (χ1) is 17.3. The van der Waals surface area contributed by atoms with E-state index < -0.39 is 22.7 Å². The van der Waals surface area contributed by atoms with E-state index in [0.717, 1.165) is 6.42 Å². The van der Waals surface area contributed by atoms with Gasteiger partial charge in [-0.2, -0.15) is 0 Å². The molecule has 0 aromatic rings. The van der Waals surface area contributed by atoms with Crippen molar-refractivity contribution in [2.75, 3.05) is 26.4 Å². The Hall–Kier alpha value is -2.29. The van der Waals surface area contributed by atoms with Crippen LogP contribution in [0.25, 0.3) is 0 Å². The molecule has 4 unspecified atom stereocenters. The van der Waals surface area contributed by atoms with Crippen LogP contribution >= 0.6 is 0 Å². The number of esters is 1. The first-order valence-corrected chi connectivity index (χ1v) is 13.7. The summed E-state index contributed by atoms with van der Waals surface area (Å²) in [6.45, 7) is 10.8. The van der Waals surface area contributed by atoms with Crippen molar-refractivity contribution in [3.63, 3.8) is 0 Å². The van der Waals surface area contributed by atoms with E-state index in [-0.39, 0.29) is 60.4 Å². The van der Waals surface area contributed by atoms with Gasteiger partial charge in [0.2, 0.25) is 17.2 Å². The van der Waals surface area contributed by atoms with Gasteiger partial charge in [-0.1, -0.05) is 20.8 Å². The second kappa shape index (κ2) is 11.2. The molecule has 0 spiro atoms. The Bertz CT molecular complexity index is 931. The minimum absolute atomic E-state index is 0.0665. The lowest BCUT2D eigenvalue weighted by atomic mass is 9.62. The third-order valence-electron chi connectivity index (χ3n) is 8.43. The van der Waals surface area contributed by atoms with Crippen molar-refractivity contribution in [3.8, 4) is 0 Å². The van der Waals surface area contributed by atoms with E-state index in [0.29, 0.717) is 51.7 Å². The SMILES string of the molecule is CCOCC1(C(=O)NCC2(C)CC(NC(=O)C3(C(=O)OCC)CCCC3=O)CC(C)(C)C2)CCCC1=O. The van der Waals surface area contributed by atoms with Crippen LogP contribution in [-0.4, -0.2) is 61.8 Å². The van der Waals surface area contributed by atoms with Gasteiger partial charge in [0.15, 0.2) is 11.6 Å². The van der Waals surface area contributed by atoms with Gasteiger partial charge in [0.1, 0.15) is 5.41 Å². The molecular formula is C28H44N2O7. The summed E-state index contributed by atoms with van der Waals surface area (Å²) in [4.78, 5) is 64.9. The zero-order valence-electron chi connectivity index (χ0n) is 23.1. The van der Waals surface area contributed by atoms with Crippen molar-refractivity contribution in [1.29, 1.82) is 0 Å². The van der Waals surface area contributed by atoms with E-state index >= 15 is 0 Å². The van der Waals surface area contributed by atoms with E-state index in [1.807, 2.05) is 6.92 Å². The van der Waals surface area contributed by atoms with Gasteiger partial charge in [0.25, 0.3) is 0 Å². The molecule has 0 aliphatic heterocycles. The van der Waals surface area contributed by atoms with Gasteiger partial charge in [-0.05, 0) is 69.6 Å². The van der Waals surface area contributed by atoms with Crippen molar-refractivity contribution in [3.05, 3.63) is 0 Å². The summed E-state index contributed by atoms with van der Waals surface area (Å²) in [5.74, 6) is -2.07. The fourth-order valence-corrected chi connectivity index (χ4v) is 6.98. The monoisotopic (exact) mass is 520 g/mol. The van der Waals surface area contributed by atoms with Crippen LogP contribution in [0.3, 0.4) is 0 Å². The highest BCUT2D eigenvalue weighted by molar-refractivity contribution is 6.22. The number of amides is 2. The number of hydrogen-bond donors (Lipinski definition) is 2. The highest BCUT2D eigenvalue weighted by atomic mass is 16.5. The van der Waals surface area contributed by atoms with Crippen molar-refractivity contribution in [2.45, 2.75) is 98.4 Å². The minimum Gasteiger partial charge on any atom is -0.465 e. The van der Waals surface area contributed by atoms with Gasteiger partial charge in [-0.15, -0.1) is 0 Å². The Morgan fingerprint density at radius 1 is 0.919 bits per heavy atom. The molecule has 0 saturated heterocycles. The van der Waals surface area contributed by atoms with Gasteiger partial charge in [-0.3, -0.25) is 24.0 Å². The summed E-state index contributed by atoms with van der Waals surface area (Å²) in [6, 6.07) is -0.275. The minimum atomic E-state index is -1.77. The van der Waals surface area contributed by atoms with Crippen LogP contribution in [0.5, 0.6) is 0 Å². The third-order valence-corrected chi connectivity index (χ3v) is 8.43. The molecular weight excluding hydrogens is 476 g/mol. The number of carbonyl (C=O) groups is 5. The molecule has 0 radical (unpaired) electrons. The summed E-state index contributed by atoms with van der Waals surface area (Å²) in [5, 5.41) is 6.07. The molecule has 3 aliphatic carbocycles. The standard InChI is InChI=1S/C28H44N2O7/c1-6-36-18-27(12-8-10-20(27)31)22(33)29-17-26(5)15-19(14-25(3,4)16-26)30-23(34)28(24(35)37-7-2)13-9-11-21(28)32/h19H,6-18H2,1-5H3,(H,29,33)(H,30,34). The molecule has 37 heavy (non-hydrogen) atoms. The second-order valence-corrected chi connectivity index (χ2v) is 12.3. The number of carbonyl (C=O) groups excluding carboxylic acids is 5. The van der Waals surface area contributed by atoms with Gasteiger partial charge in [0, 0.05) is 32.0 Å². The fourth-order valence-electron chi connectivity index (χ4n) is 6.98. The first kappa shape index (κ1) is 29.3. The number of nitrogens with one attached hydrogen (secondary N) is 2. The molecule has 3 aliphatic rings. The first-order valence-electron chi connectivity index (χ1n) is 13.7. The fraction of sp³-hybridized carbons (Fsp3) is 0.821. The highest BCUT2D eigenvalue weighted by Crippen LogP contribution is 2.47. The van der Waals surface area contributed by atoms with Gasteiger partial charge >= 0.3 is 5.97 Å². The molecule has 9 heteroatoms. The highest BCUT2D eigenvalue weighted by Gasteiger charge is 2.57. The van der Waals surface area contributed by atoms with E-state index in [1.54, 1.807) is 6.92 Å². The summed E-state index contributed by atoms with van der Waals surface area (Å²) < 4.78 is 10.7. The van der Waals surface area contributed by atoms with Gasteiger partial charge in [-0.25, -0.2) is 0 Å². The molecule has 0 bridgehead atoms. The lowest BCUT2D eigenvalue weighted by molar-refractivity contribution is -0.164. The zero-order chi connectivity index (χ0) is 27.5. The average Bonchev–Trinajstić information content (AvgIpc) is 3.38. The van der Waals surface area contributed by atoms with Crippen LogP contribution in [0.2, 0.25) is 0 Å². The van der Waals surface area contributed by atoms with Crippen LogP contribution in [0.1, 0.15) is 92.4 Å².